The van der Waals surface area contributed by atoms with Gasteiger partial charge in [0.25, 0.3) is 0 Å². The second-order valence-corrected chi connectivity index (χ2v) is 4.71. The van der Waals surface area contributed by atoms with E-state index in [0.717, 1.165) is 17.1 Å². The van der Waals surface area contributed by atoms with Crippen LogP contribution in [0.3, 0.4) is 0 Å². The first kappa shape index (κ1) is 14.6. The van der Waals surface area contributed by atoms with Crippen LogP contribution in [0.5, 0.6) is 5.75 Å². The summed E-state index contributed by atoms with van der Waals surface area (Å²) in [5.74, 6) is 1.77. The molecule has 0 atom stereocenters. The van der Waals surface area contributed by atoms with E-state index in [1.54, 1.807) is 19.5 Å². The number of hydrogen-bond acceptors (Lipinski definition) is 7. The predicted octanol–water partition coefficient (Wildman–Crippen LogP) is 2.95. The van der Waals surface area contributed by atoms with E-state index in [2.05, 4.69) is 25.6 Å². The number of rotatable bonds is 5. The van der Waals surface area contributed by atoms with Gasteiger partial charge in [0.2, 0.25) is 0 Å². The first-order valence-corrected chi connectivity index (χ1v) is 6.95. The summed E-state index contributed by atoms with van der Waals surface area (Å²) < 4.78 is 5.20. The van der Waals surface area contributed by atoms with Crippen LogP contribution in [0.25, 0.3) is 0 Å². The number of ether oxygens (including phenoxy) is 1. The lowest BCUT2D eigenvalue weighted by molar-refractivity contribution is 0.415. The standard InChI is InChI=1S/C16H16N6O/c1-23-13-6-2-4-11(8-13)21-15-14(17)16(20-10-19-15)22-12-5-3-7-18-9-12/h2-10H,17H2,1H3,(H2,19,20,21,22). The number of nitrogens with zero attached hydrogens (tertiary/aromatic N) is 3. The third-order valence-electron chi connectivity index (χ3n) is 3.14. The third kappa shape index (κ3) is 3.46. The Labute approximate surface area is 133 Å². The van der Waals surface area contributed by atoms with Crippen LogP contribution in [0, 0.1) is 0 Å². The van der Waals surface area contributed by atoms with Gasteiger partial charge in [0.15, 0.2) is 11.6 Å². The van der Waals surface area contributed by atoms with E-state index in [4.69, 9.17) is 10.5 Å². The van der Waals surface area contributed by atoms with Gasteiger partial charge in [-0.2, -0.15) is 0 Å². The van der Waals surface area contributed by atoms with Crippen molar-refractivity contribution < 1.29 is 4.74 Å². The van der Waals surface area contributed by atoms with Gasteiger partial charge in [-0.1, -0.05) is 6.07 Å². The summed E-state index contributed by atoms with van der Waals surface area (Å²) in [5.41, 5.74) is 8.18. The van der Waals surface area contributed by atoms with Gasteiger partial charge < -0.3 is 21.1 Å². The van der Waals surface area contributed by atoms with Gasteiger partial charge in [-0.05, 0) is 24.3 Å². The van der Waals surface area contributed by atoms with E-state index in [1.165, 1.54) is 6.33 Å². The molecule has 2 aromatic heterocycles. The van der Waals surface area contributed by atoms with Crippen LogP contribution in [0.4, 0.5) is 28.7 Å². The van der Waals surface area contributed by atoms with Crippen molar-refractivity contribution in [3.05, 3.63) is 55.1 Å². The van der Waals surface area contributed by atoms with Gasteiger partial charge in [0.1, 0.15) is 17.8 Å². The average molecular weight is 308 g/mol. The van der Waals surface area contributed by atoms with Crippen molar-refractivity contribution in [3.63, 3.8) is 0 Å². The smallest absolute Gasteiger partial charge is 0.159 e. The summed E-state index contributed by atoms with van der Waals surface area (Å²) in [6.45, 7) is 0. The number of pyridine rings is 1. The van der Waals surface area contributed by atoms with Crippen molar-refractivity contribution >= 4 is 28.7 Å². The monoisotopic (exact) mass is 308 g/mol. The minimum absolute atomic E-state index is 0.416. The zero-order valence-electron chi connectivity index (χ0n) is 12.5. The zero-order chi connectivity index (χ0) is 16.1. The number of hydrogen-bond donors (Lipinski definition) is 3. The number of anilines is 5. The highest BCUT2D eigenvalue weighted by Crippen LogP contribution is 2.28. The molecule has 0 spiro atoms. The Morgan fingerprint density at radius 2 is 1.74 bits per heavy atom. The summed E-state index contributed by atoms with van der Waals surface area (Å²) >= 11 is 0. The maximum atomic E-state index is 6.15. The molecule has 0 unspecified atom stereocenters. The third-order valence-corrected chi connectivity index (χ3v) is 3.14. The molecule has 116 valence electrons. The van der Waals surface area contributed by atoms with Gasteiger partial charge in [-0.15, -0.1) is 0 Å². The van der Waals surface area contributed by atoms with Crippen molar-refractivity contribution in [2.45, 2.75) is 0 Å². The van der Waals surface area contributed by atoms with E-state index >= 15 is 0 Å². The van der Waals surface area contributed by atoms with Crippen molar-refractivity contribution in [1.29, 1.82) is 0 Å². The summed E-state index contributed by atoms with van der Waals surface area (Å²) in [6, 6.07) is 11.2. The first-order valence-electron chi connectivity index (χ1n) is 6.95. The van der Waals surface area contributed by atoms with E-state index in [-0.39, 0.29) is 0 Å². The first-order chi connectivity index (χ1) is 11.3. The van der Waals surface area contributed by atoms with Crippen molar-refractivity contribution in [3.8, 4) is 5.75 Å². The molecule has 2 heterocycles. The Hall–Kier alpha value is -3.35. The van der Waals surface area contributed by atoms with Crippen LogP contribution in [0.2, 0.25) is 0 Å². The highest BCUT2D eigenvalue weighted by molar-refractivity contribution is 5.80. The van der Waals surface area contributed by atoms with Gasteiger partial charge in [-0.25, -0.2) is 9.97 Å². The Bertz CT molecular complexity index is 794. The molecule has 0 aliphatic heterocycles. The molecule has 0 bridgehead atoms. The highest BCUT2D eigenvalue weighted by Gasteiger charge is 2.09. The Morgan fingerprint density at radius 3 is 2.43 bits per heavy atom. The lowest BCUT2D eigenvalue weighted by Crippen LogP contribution is -2.05. The van der Waals surface area contributed by atoms with E-state index < -0.39 is 0 Å². The van der Waals surface area contributed by atoms with Crippen LogP contribution < -0.4 is 21.1 Å². The number of nitrogens with two attached hydrogens (primary N) is 1. The molecule has 0 aliphatic carbocycles. The van der Waals surface area contributed by atoms with Gasteiger partial charge in [0.05, 0.1) is 19.0 Å². The second-order valence-electron chi connectivity index (χ2n) is 4.71. The molecular weight excluding hydrogens is 292 g/mol. The van der Waals surface area contributed by atoms with Crippen LogP contribution in [0.1, 0.15) is 0 Å². The number of nitrogen functional groups attached to an aromatic ring is 1. The molecule has 0 amide bonds. The molecule has 0 fully saturated rings. The summed E-state index contributed by atoms with van der Waals surface area (Å²) in [7, 11) is 1.62. The second kappa shape index (κ2) is 6.61. The molecule has 1 aromatic carbocycles. The Morgan fingerprint density at radius 1 is 1.00 bits per heavy atom. The minimum Gasteiger partial charge on any atom is -0.497 e. The van der Waals surface area contributed by atoms with Crippen molar-refractivity contribution in [2.75, 3.05) is 23.5 Å². The molecule has 0 radical (unpaired) electrons. The Kier molecular flexibility index (Phi) is 4.19. The molecule has 7 heteroatoms. The van der Waals surface area contributed by atoms with E-state index in [9.17, 15) is 0 Å². The number of benzene rings is 1. The summed E-state index contributed by atoms with van der Waals surface area (Å²) in [4.78, 5) is 12.4. The molecule has 0 saturated heterocycles. The number of methoxy groups -OCH3 is 1. The SMILES string of the molecule is COc1cccc(Nc2ncnc(Nc3cccnc3)c2N)c1. The largest absolute Gasteiger partial charge is 0.497 e. The quantitative estimate of drug-likeness (QED) is 0.666. The van der Waals surface area contributed by atoms with Crippen LogP contribution in [0.15, 0.2) is 55.1 Å². The molecule has 23 heavy (non-hydrogen) atoms. The van der Waals surface area contributed by atoms with Crippen molar-refractivity contribution in [1.82, 2.24) is 15.0 Å². The van der Waals surface area contributed by atoms with Crippen LogP contribution >= 0.6 is 0 Å². The topological polar surface area (TPSA) is 98.0 Å². The molecule has 0 saturated carbocycles. The summed E-state index contributed by atoms with van der Waals surface area (Å²) in [5, 5.41) is 6.28. The summed E-state index contributed by atoms with van der Waals surface area (Å²) in [6.07, 6.45) is 4.83. The molecular formula is C16H16N6O. The van der Waals surface area contributed by atoms with Crippen molar-refractivity contribution in [2.24, 2.45) is 0 Å². The van der Waals surface area contributed by atoms with E-state index in [1.807, 2.05) is 36.4 Å². The van der Waals surface area contributed by atoms with Crippen LogP contribution in [-0.2, 0) is 0 Å². The Balaban J connectivity index is 1.84. The average Bonchev–Trinajstić information content (AvgIpc) is 2.59. The van der Waals surface area contributed by atoms with Gasteiger partial charge in [0, 0.05) is 18.0 Å². The van der Waals surface area contributed by atoms with Gasteiger partial charge >= 0.3 is 0 Å². The molecule has 7 nitrogen and oxygen atoms in total. The maximum absolute atomic E-state index is 6.15. The lowest BCUT2D eigenvalue weighted by Gasteiger charge is -2.12. The molecule has 0 aliphatic rings. The molecule has 4 N–H and O–H groups in total. The number of aromatic nitrogens is 3. The number of nitrogens with one attached hydrogen (secondary N) is 2. The fourth-order valence-corrected chi connectivity index (χ4v) is 2.01. The molecule has 3 aromatic rings. The van der Waals surface area contributed by atoms with E-state index in [0.29, 0.717) is 17.3 Å². The normalized spacial score (nSPS) is 10.1. The lowest BCUT2D eigenvalue weighted by atomic mass is 10.3. The highest BCUT2D eigenvalue weighted by atomic mass is 16.5. The zero-order valence-corrected chi connectivity index (χ0v) is 12.5. The van der Waals surface area contributed by atoms with Gasteiger partial charge in [-0.3, -0.25) is 4.98 Å². The van der Waals surface area contributed by atoms with Crippen LogP contribution in [-0.4, -0.2) is 22.1 Å². The fraction of sp³-hybridized carbons (Fsp3) is 0.0625. The predicted molar refractivity (Wildman–Crippen MR) is 90.2 cm³/mol. The fourth-order valence-electron chi connectivity index (χ4n) is 2.01. The molecule has 3 rings (SSSR count). The minimum atomic E-state index is 0.416. The maximum Gasteiger partial charge on any atom is 0.159 e.